The number of carbonyl (C=O) groups is 2. The Kier molecular flexibility index (Phi) is 8.19. The van der Waals surface area contributed by atoms with E-state index in [1.54, 1.807) is 0 Å². The maximum Gasteiger partial charge on any atom is 0.233 e. The van der Waals surface area contributed by atoms with Crippen LogP contribution in [0.4, 0.5) is 11.4 Å². The van der Waals surface area contributed by atoms with E-state index in [9.17, 15) is 9.59 Å². The summed E-state index contributed by atoms with van der Waals surface area (Å²) in [4.78, 5) is 29.7. The van der Waals surface area contributed by atoms with Crippen molar-refractivity contribution in [3.8, 4) is 11.1 Å². The highest BCUT2D eigenvalue weighted by atomic mass is 16.2. The molecular weight excluding hydrogens is 434 g/mol. The van der Waals surface area contributed by atoms with Crippen LogP contribution in [0.15, 0.2) is 84.9 Å². The fraction of sp³-hybridized carbons (Fsp3) is 0.333. The normalized spacial score (nSPS) is 14.1. The minimum absolute atomic E-state index is 0.100. The molecule has 1 fully saturated rings. The Hall–Kier alpha value is -3.60. The summed E-state index contributed by atoms with van der Waals surface area (Å²) < 4.78 is 0. The van der Waals surface area contributed by atoms with Gasteiger partial charge >= 0.3 is 0 Å². The van der Waals surface area contributed by atoms with E-state index in [4.69, 9.17) is 0 Å². The fourth-order valence-corrected chi connectivity index (χ4v) is 4.74. The summed E-state index contributed by atoms with van der Waals surface area (Å²) in [7, 11) is 0. The molecule has 5 heteroatoms. The van der Waals surface area contributed by atoms with Crippen molar-refractivity contribution in [3.05, 3.63) is 84.9 Å². The van der Waals surface area contributed by atoms with Crippen LogP contribution >= 0.6 is 0 Å². The summed E-state index contributed by atoms with van der Waals surface area (Å²) in [5.74, 6) is 0.188. The summed E-state index contributed by atoms with van der Waals surface area (Å²) in [6.07, 6.45) is 1.70. The van der Waals surface area contributed by atoms with Gasteiger partial charge in [-0.3, -0.25) is 9.59 Å². The number of nitrogens with one attached hydrogen (secondary N) is 1. The number of amides is 2. The lowest BCUT2D eigenvalue weighted by Gasteiger charge is -2.40. The molecule has 1 aliphatic heterocycles. The van der Waals surface area contributed by atoms with Crippen LogP contribution in [0, 0.1) is 5.92 Å². The third-order valence-electron chi connectivity index (χ3n) is 6.50. The summed E-state index contributed by atoms with van der Waals surface area (Å²) >= 11 is 0. The molecule has 4 rings (SSSR count). The van der Waals surface area contributed by atoms with Gasteiger partial charge in [0.1, 0.15) is 6.42 Å². The summed E-state index contributed by atoms with van der Waals surface area (Å²) in [5, 5.41) is 2.87. The highest BCUT2D eigenvalue weighted by molar-refractivity contribution is 6.03. The van der Waals surface area contributed by atoms with Gasteiger partial charge in [-0.2, -0.15) is 0 Å². The van der Waals surface area contributed by atoms with E-state index in [1.807, 2.05) is 53.4 Å². The first kappa shape index (κ1) is 24.5. The third kappa shape index (κ3) is 6.72. The number of hydrogen-bond donors (Lipinski definition) is 1. The van der Waals surface area contributed by atoms with Gasteiger partial charge in [-0.05, 0) is 54.2 Å². The van der Waals surface area contributed by atoms with Gasteiger partial charge < -0.3 is 15.1 Å². The van der Waals surface area contributed by atoms with Gasteiger partial charge in [0.05, 0.1) is 0 Å². The van der Waals surface area contributed by atoms with E-state index in [1.165, 1.54) is 5.69 Å². The summed E-state index contributed by atoms with van der Waals surface area (Å²) in [6.45, 7) is 6.84. The number of nitrogens with zero attached hydrogens (tertiary/aromatic N) is 2. The van der Waals surface area contributed by atoms with Crippen molar-refractivity contribution >= 4 is 23.2 Å². The first-order valence-corrected chi connectivity index (χ1v) is 12.5. The molecule has 35 heavy (non-hydrogen) atoms. The van der Waals surface area contributed by atoms with Crippen LogP contribution in [-0.4, -0.2) is 42.4 Å². The molecule has 1 aliphatic rings. The van der Waals surface area contributed by atoms with Crippen LogP contribution in [0.2, 0.25) is 0 Å². The number of rotatable bonds is 8. The number of likely N-dealkylation sites (tertiary alicyclic amines) is 1. The van der Waals surface area contributed by atoms with E-state index in [-0.39, 0.29) is 18.2 Å². The number of hydrogen-bond acceptors (Lipinski definition) is 3. The molecule has 3 aromatic rings. The lowest BCUT2D eigenvalue weighted by molar-refractivity contribution is -0.135. The number of benzene rings is 3. The van der Waals surface area contributed by atoms with Gasteiger partial charge in [-0.15, -0.1) is 0 Å². The first-order chi connectivity index (χ1) is 17.0. The van der Waals surface area contributed by atoms with Crippen molar-refractivity contribution in [2.24, 2.45) is 5.92 Å². The van der Waals surface area contributed by atoms with Crippen LogP contribution < -0.4 is 10.2 Å². The Bertz CT molecular complexity index is 1090. The molecule has 1 heterocycles. The number of carbonyl (C=O) groups excluding carboxylic acids is 2. The van der Waals surface area contributed by atoms with Gasteiger partial charge in [0.2, 0.25) is 11.8 Å². The van der Waals surface area contributed by atoms with E-state index in [2.05, 4.69) is 60.5 Å². The van der Waals surface area contributed by atoms with Gasteiger partial charge in [0.15, 0.2) is 0 Å². The van der Waals surface area contributed by atoms with Gasteiger partial charge in [0.25, 0.3) is 0 Å². The topological polar surface area (TPSA) is 52.7 Å². The second-order valence-electron chi connectivity index (χ2n) is 9.66. The highest BCUT2D eigenvalue weighted by Gasteiger charge is 2.28. The van der Waals surface area contributed by atoms with Crippen molar-refractivity contribution in [1.29, 1.82) is 0 Å². The van der Waals surface area contributed by atoms with Crippen LogP contribution in [-0.2, 0) is 9.59 Å². The van der Waals surface area contributed by atoms with Gasteiger partial charge in [-0.25, -0.2) is 0 Å². The molecule has 3 aromatic carbocycles. The quantitative estimate of drug-likeness (QED) is 0.422. The van der Waals surface area contributed by atoms with E-state index >= 15 is 0 Å². The van der Waals surface area contributed by atoms with Crippen LogP contribution in [0.1, 0.15) is 33.1 Å². The number of anilines is 2. The summed E-state index contributed by atoms with van der Waals surface area (Å²) in [6, 6.07) is 28.7. The second-order valence-corrected chi connectivity index (χ2v) is 9.66. The van der Waals surface area contributed by atoms with Crippen molar-refractivity contribution in [2.75, 3.05) is 29.9 Å². The molecule has 0 aliphatic carbocycles. The van der Waals surface area contributed by atoms with E-state index < -0.39 is 0 Å². The molecule has 0 unspecified atom stereocenters. The molecule has 2 amide bonds. The van der Waals surface area contributed by atoms with Crippen LogP contribution in [0.5, 0.6) is 0 Å². The maximum atomic E-state index is 12.8. The monoisotopic (exact) mass is 469 g/mol. The number of piperidine rings is 1. The lowest BCUT2D eigenvalue weighted by Crippen LogP contribution is -2.48. The SMILES string of the molecule is CC(C)CN(c1ccccc1)C1CCN(C(=O)CC(=O)Nc2ccc(-c3ccccc3)cc2)CC1. The van der Waals surface area contributed by atoms with E-state index in [0.29, 0.717) is 30.7 Å². The lowest BCUT2D eigenvalue weighted by atomic mass is 10.00. The average Bonchev–Trinajstić information content (AvgIpc) is 2.89. The standard InChI is InChI=1S/C30H35N3O2/c1-23(2)22-33(27-11-7-4-8-12-27)28-17-19-32(20-18-28)30(35)21-29(34)31-26-15-13-25(14-16-26)24-9-5-3-6-10-24/h3-16,23,28H,17-22H2,1-2H3,(H,31,34). The molecule has 0 saturated carbocycles. The van der Waals surface area contributed by atoms with E-state index in [0.717, 1.165) is 30.5 Å². The average molecular weight is 470 g/mol. The molecule has 1 saturated heterocycles. The molecule has 1 N–H and O–H groups in total. The molecule has 5 nitrogen and oxygen atoms in total. The molecule has 0 bridgehead atoms. The fourth-order valence-electron chi connectivity index (χ4n) is 4.74. The Morgan fingerprint density at radius 3 is 2.03 bits per heavy atom. The molecule has 0 radical (unpaired) electrons. The smallest absolute Gasteiger partial charge is 0.233 e. The molecule has 182 valence electrons. The minimum atomic E-state index is -0.268. The predicted octanol–water partition coefficient (Wildman–Crippen LogP) is 5.84. The van der Waals surface area contributed by atoms with Crippen LogP contribution in [0.3, 0.4) is 0 Å². The van der Waals surface area contributed by atoms with Crippen molar-refractivity contribution in [3.63, 3.8) is 0 Å². The second kappa shape index (κ2) is 11.7. The highest BCUT2D eigenvalue weighted by Crippen LogP contribution is 2.25. The zero-order valence-electron chi connectivity index (χ0n) is 20.7. The third-order valence-corrected chi connectivity index (χ3v) is 6.50. The van der Waals surface area contributed by atoms with Gasteiger partial charge in [0, 0.05) is 37.1 Å². The zero-order valence-corrected chi connectivity index (χ0v) is 20.7. The Morgan fingerprint density at radius 2 is 1.43 bits per heavy atom. The maximum absolute atomic E-state index is 12.8. The molecule has 0 aromatic heterocycles. The Balaban J connectivity index is 1.28. The minimum Gasteiger partial charge on any atom is -0.368 e. The van der Waals surface area contributed by atoms with Crippen LogP contribution in [0.25, 0.3) is 11.1 Å². The largest absolute Gasteiger partial charge is 0.368 e. The van der Waals surface area contributed by atoms with Crippen molar-refractivity contribution < 1.29 is 9.59 Å². The zero-order chi connectivity index (χ0) is 24.6. The first-order valence-electron chi connectivity index (χ1n) is 12.5. The van der Waals surface area contributed by atoms with Gasteiger partial charge in [-0.1, -0.05) is 74.5 Å². The Labute approximate surface area is 208 Å². The Morgan fingerprint density at radius 1 is 0.857 bits per heavy atom. The summed E-state index contributed by atoms with van der Waals surface area (Å²) in [5.41, 5.74) is 4.16. The van der Waals surface area contributed by atoms with Crippen molar-refractivity contribution in [1.82, 2.24) is 4.90 Å². The molecule has 0 spiro atoms. The molecular formula is C30H35N3O2. The molecule has 0 atom stereocenters. The predicted molar refractivity (Wildman–Crippen MR) is 143 cm³/mol. The van der Waals surface area contributed by atoms with Crippen molar-refractivity contribution in [2.45, 2.75) is 39.2 Å². The number of para-hydroxylation sites is 1.